The van der Waals surface area contributed by atoms with E-state index in [9.17, 15) is 13.2 Å². The van der Waals surface area contributed by atoms with Crippen molar-refractivity contribution in [3.8, 4) is 0 Å². The van der Waals surface area contributed by atoms with E-state index in [1.165, 1.54) is 28.2 Å². The maximum absolute atomic E-state index is 12.7. The molecule has 1 amide bonds. The number of nitrogens with one attached hydrogen (secondary N) is 1. The minimum Gasteiger partial charge on any atom is -0.379 e. The van der Waals surface area contributed by atoms with Crippen LogP contribution in [0.25, 0.3) is 0 Å². The number of nitrogens with zero attached hydrogens (tertiary/aromatic N) is 2. The molecule has 0 bridgehead atoms. The van der Waals surface area contributed by atoms with Gasteiger partial charge in [-0.15, -0.1) is 0 Å². The van der Waals surface area contributed by atoms with E-state index < -0.39 is 10.0 Å². The Morgan fingerprint density at radius 2 is 2.00 bits per heavy atom. The zero-order chi connectivity index (χ0) is 19.3. The molecular formula is C18H21N3O4S2. The molecule has 1 aromatic carbocycles. The first-order valence-corrected chi connectivity index (χ1v) is 10.9. The van der Waals surface area contributed by atoms with Gasteiger partial charge in [0.05, 0.1) is 28.4 Å². The molecule has 1 aromatic heterocycles. The topological polar surface area (TPSA) is 88.6 Å². The van der Waals surface area contributed by atoms with Crippen LogP contribution < -0.4 is 5.32 Å². The Kier molecular flexibility index (Phi) is 6.48. The highest BCUT2D eigenvalue weighted by atomic mass is 32.2. The van der Waals surface area contributed by atoms with E-state index in [1.54, 1.807) is 25.3 Å². The van der Waals surface area contributed by atoms with Crippen LogP contribution in [0.3, 0.4) is 0 Å². The Hall–Kier alpha value is -1.94. The Labute approximate surface area is 163 Å². The molecule has 1 atom stereocenters. The summed E-state index contributed by atoms with van der Waals surface area (Å²) in [6.45, 7) is 3.21. The third-order valence-corrected chi connectivity index (χ3v) is 6.96. The van der Waals surface area contributed by atoms with Crippen LogP contribution in [-0.4, -0.2) is 55.2 Å². The predicted octanol–water partition coefficient (Wildman–Crippen LogP) is 2.22. The minimum atomic E-state index is -3.60. The van der Waals surface area contributed by atoms with Crippen LogP contribution in [0.4, 0.5) is 5.69 Å². The summed E-state index contributed by atoms with van der Waals surface area (Å²) in [6, 6.07) is 11.8. The molecule has 1 fully saturated rings. The van der Waals surface area contributed by atoms with E-state index in [0.717, 1.165) is 5.03 Å². The van der Waals surface area contributed by atoms with Gasteiger partial charge in [0.15, 0.2) is 0 Å². The molecule has 1 N–H and O–H groups in total. The van der Waals surface area contributed by atoms with Gasteiger partial charge in [0.1, 0.15) is 0 Å². The smallest absolute Gasteiger partial charge is 0.243 e. The predicted molar refractivity (Wildman–Crippen MR) is 104 cm³/mol. The van der Waals surface area contributed by atoms with Gasteiger partial charge < -0.3 is 10.1 Å². The van der Waals surface area contributed by atoms with Gasteiger partial charge in [-0.25, -0.2) is 13.4 Å². The standard InChI is InChI=1S/C18H21N3O4S2/c1-14(26-17-7-2-3-8-19-17)18(22)20-15-5-4-6-16(13-15)27(23,24)21-9-11-25-12-10-21/h2-8,13-14H,9-12H2,1H3,(H,20,22)/t14-/m1/s1. The molecule has 1 aliphatic rings. The highest BCUT2D eigenvalue weighted by Gasteiger charge is 2.26. The largest absolute Gasteiger partial charge is 0.379 e. The molecule has 3 rings (SSSR count). The number of carbonyl (C=O) groups is 1. The summed E-state index contributed by atoms with van der Waals surface area (Å²) >= 11 is 1.34. The van der Waals surface area contributed by atoms with E-state index in [2.05, 4.69) is 10.3 Å². The van der Waals surface area contributed by atoms with Gasteiger partial charge >= 0.3 is 0 Å². The molecule has 0 unspecified atom stereocenters. The summed E-state index contributed by atoms with van der Waals surface area (Å²) in [5, 5.41) is 3.16. The number of rotatable bonds is 6. The second kappa shape index (κ2) is 8.83. The molecule has 0 radical (unpaired) electrons. The molecule has 1 saturated heterocycles. The summed E-state index contributed by atoms with van der Waals surface area (Å²) in [5.41, 5.74) is 0.447. The van der Waals surface area contributed by atoms with E-state index in [4.69, 9.17) is 4.74 Å². The minimum absolute atomic E-state index is 0.159. The molecule has 0 spiro atoms. The molecule has 27 heavy (non-hydrogen) atoms. The molecular weight excluding hydrogens is 386 g/mol. The molecule has 1 aliphatic heterocycles. The first-order valence-electron chi connectivity index (χ1n) is 8.53. The van der Waals surface area contributed by atoms with Gasteiger partial charge in [-0.1, -0.05) is 23.9 Å². The Bertz CT molecular complexity index is 884. The highest BCUT2D eigenvalue weighted by molar-refractivity contribution is 8.00. The zero-order valence-electron chi connectivity index (χ0n) is 14.9. The molecule has 2 aromatic rings. The summed E-state index contributed by atoms with van der Waals surface area (Å²) < 4.78 is 32.1. The normalized spacial score (nSPS) is 16.6. The SMILES string of the molecule is C[C@@H](Sc1ccccn1)C(=O)Nc1cccc(S(=O)(=O)N2CCOCC2)c1. The highest BCUT2D eigenvalue weighted by Crippen LogP contribution is 2.24. The second-order valence-electron chi connectivity index (χ2n) is 5.96. The maximum atomic E-state index is 12.7. The lowest BCUT2D eigenvalue weighted by molar-refractivity contribution is -0.115. The van der Waals surface area contributed by atoms with Crippen molar-refractivity contribution in [1.29, 1.82) is 0 Å². The van der Waals surface area contributed by atoms with Gasteiger partial charge in [0.25, 0.3) is 0 Å². The third-order valence-electron chi connectivity index (χ3n) is 4.01. The van der Waals surface area contributed by atoms with Crippen LogP contribution in [0.15, 0.2) is 58.6 Å². The van der Waals surface area contributed by atoms with Crippen molar-refractivity contribution in [2.75, 3.05) is 31.6 Å². The van der Waals surface area contributed by atoms with E-state index in [-0.39, 0.29) is 16.1 Å². The molecule has 0 saturated carbocycles. The van der Waals surface area contributed by atoms with Gasteiger partial charge in [0, 0.05) is 25.0 Å². The number of pyridine rings is 1. The number of aromatic nitrogens is 1. The number of thioether (sulfide) groups is 1. The Morgan fingerprint density at radius 3 is 2.70 bits per heavy atom. The van der Waals surface area contributed by atoms with E-state index in [1.807, 2.05) is 18.2 Å². The summed E-state index contributed by atoms with van der Waals surface area (Å²) in [5.74, 6) is -0.216. The lowest BCUT2D eigenvalue weighted by Crippen LogP contribution is -2.40. The lowest BCUT2D eigenvalue weighted by Gasteiger charge is -2.26. The molecule has 144 valence electrons. The number of carbonyl (C=O) groups excluding carboxylic acids is 1. The number of amides is 1. The summed E-state index contributed by atoms with van der Waals surface area (Å²) in [7, 11) is -3.60. The van der Waals surface area contributed by atoms with Crippen molar-refractivity contribution in [3.63, 3.8) is 0 Å². The number of ether oxygens (including phenoxy) is 1. The van der Waals surface area contributed by atoms with Gasteiger partial charge in [-0.3, -0.25) is 4.79 Å². The van der Waals surface area contributed by atoms with Crippen molar-refractivity contribution in [2.45, 2.75) is 22.1 Å². The van der Waals surface area contributed by atoms with E-state index in [0.29, 0.717) is 32.0 Å². The van der Waals surface area contributed by atoms with Crippen molar-refractivity contribution in [1.82, 2.24) is 9.29 Å². The number of sulfonamides is 1. The van der Waals surface area contributed by atoms with Crippen molar-refractivity contribution in [2.24, 2.45) is 0 Å². The zero-order valence-corrected chi connectivity index (χ0v) is 16.5. The summed E-state index contributed by atoms with van der Waals surface area (Å²) in [4.78, 5) is 16.8. The van der Waals surface area contributed by atoms with Crippen molar-refractivity contribution < 1.29 is 17.9 Å². The van der Waals surface area contributed by atoms with Crippen LogP contribution in [0.1, 0.15) is 6.92 Å². The van der Waals surface area contributed by atoms with Crippen LogP contribution in [0.5, 0.6) is 0 Å². The van der Waals surface area contributed by atoms with Gasteiger partial charge in [-0.2, -0.15) is 4.31 Å². The third kappa shape index (κ3) is 5.07. The fourth-order valence-corrected chi connectivity index (χ4v) is 4.83. The van der Waals surface area contributed by atoms with Gasteiger partial charge in [0.2, 0.25) is 15.9 Å². The number of anilines is 1. The van der Waals surface area contributed by atoms with E-state index >= 15 is 0 Å². The Balaban J connectivity index is 1.69. The van der Waals surface area contributed by atoms with Gasteiger partial charge in [-0.05, 0) is 37.3 Å². The van der Waals surface area contributed by atoms with Crippen LogP contribution in [-0.2, 0) is 19.6 Å². The average Bonchev–Trinajstić information content (AvgIpc) is 2.69. The molecule has 2 heterocycles. The van der Waals surface area contributed by atoms with Crippen molar-refractivity contribution in [3.05, 3.63) is 48.7 Å². The summed E-state index contributed by atoms with van der Waals surface area (Å²) in [6.07, 6.45) is 1.67. The number of benzene rings is 1. The monoisotopic (exact) mass is 407 g/mol. The fraction of sp³-hybridized carbons (Fsp3) is 0.333. The first kappa shape index (κ1) is 19.8. The van der Waals surface area contributed by atoms with Crippen molar-refractivity contribution >= 4 is 33.4 Å². The molecule has 0 aliphatic carbocycles. The average molecular weight is 408 g/mol. The van der Waals surface area contributed by atoms with Crippen LogP contribution in [0.2, 0.25) is 0 Å². The number of hydrogen-bond acceptors (Lipinski definition) is 6. The van der Waals surface area contributed by atoms with Crippen LogP contribution in [0, 0.1) is 0 Å². The lowest BCUT2D eigenvalue weighted by atomic mass is 10.3. The first-order chi connectivity index (χ1) is 13.0. The molecule has 9 heteroatoms. The quantitative estimate of drug-likeness (QED) is 0.739. The maximum Gasteiger partial charge on any atom is 0.243 e. The second-order valence-corrected chi connectivity index (χ2v) is 9.26. The van der Waals surface area contributed by atoms with Crippen LogP contribution >= 0.6 is 11.8 Å². The number of hydrogen-bond donors (Lipinski definition) is 1. The Morgan fingerprint density at radius 1 is 1.22 bits per heavy atom. The number of morpholine rings is 1. The fourth-order valence-electron chi connectivity index (χ4n) is 2.57. The molecule has 7 nitrogen and oxygen atoms in total.